The van der Waals surface area contributed by atoms with Gasteiger partial charge in [0.1, 0.15) is 0 Å². The highest BCUT2D eigenvalue weighted by Gasteiger charge is 2.19. The molecule has 0 saturated carbocycles. The molecular weight excluding hydrogens is 238 g/mol. The summed E-state index contributed by atoms with van der Waals surface area (Å²) < 4.78 is 0. The zero-order chi connectivity index (χ0) is 13.1. The van der Waals surface area contributed by atoms with Crippen molar-refractivity contribution >= 4 is 11.8 Å². The summed E-state index contributed by atoms with van der Waals surface area (Å²) in [5.74, 6) is 2.72. The molecule has 2 heteroatoms. The predicted molar refractivity (Wildman–Crippen MR) is 85.6 cm³/mol. The Bertz CT molecular complexity index is 178. The van der Waals surface area contributed by atoms with Crippen molar-refractivity contribution in [1.29, 1.82) is 0 Å². The van der Waals surface area contributed by atoms with Crippen LogP contribution in [0.5, 0.6) is 0 Å². The summed E-state index contributed by atoms with van der Waals surface area (Å²) in [7, 11) is 0. The highest BCUT2D eigenvalue weighted by molar-refractivity contribution is 7.99. The SMILES string of the molecule is CCCCCCCC(CCCC)N1CCSCC1. The van der Waals surface area contributed by atoms with Crippen LogP contribution < -0.4 is 0 Å². The monoisotopic (exact) mass is 271 g/mol. The molecule has 0 aliphatic carbocycles. The summed E-state index contributed by atoms with van der Waals surface area (Å²) in [6.45, 7) is 7.31. The number of unbranched alkanes of at least 4 members (excludes halogenated alkanes) is 5. The van der Waals surface area contributed by atoms with Gasteiger partial charge in [-0.3, -0.25) is 4.90 Å². The normalized spacial score (nSPS) is 19.0. The molecule has 1 aliphatic rings. The molecule has 0 spiro atoms. The van der Waals surface area contributed by atoms with Crippen LogP contribution in [0.4, 0.5) is 0 Å². The quantitative estimate of drug-likeness (QED) is 0.517. The van der Waals surface area contributed by atoms with Gasteiger partial charge in [0.2, 0.25) is 0 Å². The molecule has 0 aromatic carbocycles. The lowest BCUT2D eigenvalue weighted by molar-refractivity contribution is 0.188. The standard InChI is InChI=1S/C16H33NS/c1-3-5-7-8-9-11-16(10-6-4-2)17-12-14-18-15-13-17/h16H,3-15H2,1-2H3. The Morgan fingerprint density at radius 3 is 2.11 bits per heavy atom. The molecule has 1 unspecified atom stereocenters. The summed E-state index contributed by atoms with van der Waals surface area (Å²) in [4.78, 5) is 2.78. The first-order valence-corrected chi connectivity index (χ1v) is 9.35. The van der Waals surface area contributed by atoms with E-state index in [0.717, 1.165) is 6.04 Å². The van der Waals surface area contributed by atoms with Gasteiger partial charge in [0.05, 0.1) is 0 Å². The molecule has 1 saturated heterocycles. The van der Waals surface area contributed by atoms with Gasteiger partial charge in [0.25, 0.3) is 0 Å². The van der Waals surface area contributed by atoms with Crippen molar-refractivity contribution in [3.8, 4) is 0 Å². The first-order valence-electron chi connectivity index (χ1n) is 8.20. The number of rotatable bonds is 10. The topological polar surface area (TPSA) is 3.24 Å². The van der Waals surface area contributed by atoms with Crippen molar-refractivity contribution in [1.82, 2.24) is 4.90 Å². The number of nitrogens with zero attached hydrogens (tertiary/aromatic N) is 1. The van der Waals surface area contributed by atoms with Crippen molar-refractivity contribution in [2.75, 3.05) is 24.6 Å². The molecule has 1 aliphatic heterocycles. The van der Waals surface area contributed by atoms with Crippen LogP contribution in [0, 0.1) is 0 Å². The number of thioether (sulfide) groups is 1. The second kappa shape index (κ2) is 11.2. The van der Waals surface area contributed by atoms with Gasteiger partial charge in [-0.25, -0.2) is 0 Å². The van der Waals surface area contributed by atoms with Gasteiger partial charge in [-0.05, 0) is 12.8 Å². The van der Waals surface area contributed by atoms with E-state index < -0.39 is 0 Å². The van der Waals surface area contributed by atoms with Crippen LogP contribution in [0.25, 0.3) is 0 Å². The third-order valence-corrected chi connectivity index (χ3v) is 5.04. The van der Waals surface area contributed by atoms with Gasteiger partial charge >= 0.3 is 0 Å². The van der Waals surface area contributed by atoms with Gasteiger partial charge in [0, 0.05) is 30.6 Å². The molecule has 1 fully saturated rings. The van der Waals surface area contributed by atoms with E-state index in [4.69, 9.17) is 0 Å². The van der Waals surface area contributed by atoms with E-state index in [0.29, 0.717) is 0 Å². The summed E-state index contributed by atoms with van der Waals surface area (Å²) in [6.07, 6.45) is 12.8. The lowest BCUT2D eigenvalue weighted by Crippen LogP contribution is -2.41. The van der Waals surface area contributed by atoms with Crippen molar-refractivity contribution in [2.45, 2.75) is 77.7 Å². The van der Waals surface area contributed by atoms with E-state index >= 15 is 0 Å². The van der Waals surface area contributed by atoms with E-state index in [-0.39, 0.29) is 0 Å². The van der Waals surface area contributed by atoms with Crippen LogP contribution >= 0.6 is 11.8 Å². The lowest BCUT2D eigenvalue weighted by atomic mass is 10.0. The molecule has 1 heterocycles. The smallest absolute Gasteiger partial charge is 0.00959 e. The van der Waals surface area contributed by atoms with Crippen LogP contribution in [0.15, 0.2) is 0 Å². The zero-order valence-corrected chi connectivity index (χ0v) is 13.4. The Hall–Kier alpha value is 0.310. The maximum Gasteiger partial charge on any atom is 0.00959 e. The molecule has 0 amide bonds. The molecule has 0 N–H and O–H groups in total. The molecule has 0 aromatic heterocycles. The van der Waals surface area contributed by atoms with E-state index in [1.807, 2.05) is 0 Å². The van der Waals surface area contributed by atoms with E-state index in [1.54, 1.807) is 0 Å². The molecule has 108 valence electrons. The molecule has 0 bridgehead atoms. The third-order valence-electron chi connectivity index (χ3n) is 4.09. The van der Waals surface area contributed by atoms with E-state index in [9.17, 15) is 0 Å². The molecular formula is C16H33NS. The fraction of sp³-hybridized carbons (Fsp3) is 1.00. The summed E-state index contributed by atoms with van der Waals surface area (Å²) in [6, 6.07) is 0.896. The summed E-state index contributed by atoms with van der Waals surface area (Å²) >= 11 is 2.13. The Kier molecular flexibility index (Phi) is 10.1. The minimum Gasteiger partial charge on any atom is -0.299 e. The van der Waals surface area contributed by atoms with Crippen LogP contribution in [-0.2, 0) is 0 Å². The van der Waals surface area contributed by atoms with Gasteiger partial charge in [-0.2, -0.15) is 11.8 Å². The molecule has 0 aromatic rings. The predicted octanol–water partition coefficient (Wildman–Crippen LogP) is 4.95. The molecule has 1 nitrogen and oxygen atoms in total. The van der Waals surface area contributed by atoms with Gasteiger partial charge in [0.15, 0.2) is 0 Å². The second-order valence-corrected chi connectivity index (χ2v) is 6.87. The average molecular weight is 272 g/mol. The van der Waals surface area contributed by atoms with Crippen LogP contribution in [0.3, 0.4) is 0 Å². The van der Waals surface area contributed by atoms with Crippen molar-refractivity contribution in [2.24, 2.45) is 0 Å². The second-order valence-electron chi connectivity index (χ2n) is 5.65. The minimum absolute atomic E-state index is 0.896. The largest absolute Gasteiger partial charge is 0.299 e. The third kappa shape index (κ3) is 7.04. The van der Waals surface area contributed by atoms with Crippen molar-refractivity contribution in [3.05, 3.63) is 0 Å². The number of hydrogen-bond acceptors (Lipinski definition) is 2. The zero-order valence-electron chi connectivity index (χ0n) is 12.6. The van der Waals surface area contributed by atoms with Gasteiger partial charge in [-0.1, -0.05) is 58.8 Å². The molecule has 1 atom stereocenters. The van der Waals surface area contributed by atoms with Crippen molar-refractivity contribution in [3.63, 3.8) is 0 Å². The van der Waals surface area contributed by atoms with Crippen LogP contribution in [-0.4, -0.2) is 35.5 Å². The Morgan fingerprint density at radius 2 is 1.44 bits per heavy atom. The van der Waals surface area contributed by atoms with Crippen molar-refractivity contribution < 1.29 is 0 Å². The van der Waals surface area contributed by atoms with E-state index in [2.05, 4.69) is 30.5 Å². The maximum absolute atomic E-state index is 2.78. The van der Waals surface area contributed by atoms with E-state index in [1.165, 1.54) is 82.4 Å². The first-order chi connectivity index (χ1) is 8.88. The lowest BCUT2D eigenvalue weighted by Gasteiger charge is -2.34. The molecule has 1 rings (SSSR count). The number of hydrogen-bond donors (Lipinski definition) is 0. The van der Waals surface area contributed by atoms with Crippen LogP contribution in [0.1, 0.15) is 71.6 Å². The minimum atomic E-state index is 0.896. The first kappa shape index (κ1) is 16.4. The van der Waals surface area contributed by atoms with Gasteiger partial charge in [-0.15, -0.1) is 0 Å². The summed E-state index contributed by atoms with van der Waals surface area (Å²) in [5.41, 5.74) is 0. The fourth-order valence-corrected chi connectivity index (χ4v) is 3.81. The molecule has 0 radical (unpaired) electrons. The van der Waals surface area contributed by atoms with Gasteiger partial charge < -0.3 is 0 Å². The maximum atomic E-state index is 2.78. The Balaban J connectivity index is 2.21. The Morgan fingerprint density at radius 1 is 0.833 bits per heavy atom. The average Bonchev–Trinajstić information content (AvgIpc) is 2.43. The molecule has 18 heavy (non-hydrogen) atoms. The van der Waals surface area contributed by atoms with Crippen LogP contribution in [0.2, 0.25) is 0 Å². The Labute approximate surface area is 119 Å². The highest BCUT2D eigenvalue weighted by atomic mass is 32.2. The summed E-state index contributed by atoms with van der Waals surface area (Å²) in [5, 5.41) is 0. The highest BCUT2D eigenvalue weighted by Crippen LogP contribution is 2.20. The fourth-order valence-electron chi connectivity index (χ4n) is 2.88.